The summed E-state index contributed by atoms with van der Waals surface area (Å²) in [6.07, 6.45) is 1.94. The Balaban J connectivity index is 1.66. The molecular weight excluding hydrogens is 354 g/mol. The minimum atomic E-state index is -0.399. The molecule has 1 aliphatic rings. The van der Waals surface area contributed by atoms with Gasteiger partial charge in [0.05, 0.1) is 24.4 Å². The Morgan fingerprint density at radius 1 is 1.32 bits per heavy atom. The van der Waals surface area contributed by atoms with Crippen molar-refractivity contribution in [1.82, 2.24) is 25.3 Å². The molecule has 1 atom stereocenters. The standard InChI is InChI=1S/C21H29N5O2/c1-15(2)13-26-10-9-22-21(28)18(26)11-19(27)25(3)14-17-12-23-24-20(17)16-7-5-4-6-8-16/h4-8,12,15,18H,9-11,13-14H2,1-3H3,(H,22,28)(H,23,24)/t18-/m0/s1. The van der Waals surface area contributed by atoms with E-state index in [-0.39, 0.29) is 18.2 Å². The fourth-order valence-corrected chi connectivity index (χ4v) is 3.62. The molecule has 1 aliphatic heterocycles. The first kappa shape index (κ1) is 20.1. The van der Waals surface area contributed by atoms with E-state index in [9.17, 15) is 9.59 Å². The number of carbonyl (C=O) groups is 2. The van der Waals surface area contributed by atoms with Crippen molar-refractivity contribution in [2.45, 2.75) is 32.9 Å². The summed E-state index contributed by atoms with van der Waals surface area (Å²) in [5.41, 5.74) is 2.90. The van der Waals surface area contributed by atoms with Crippen molar-refractivity contribution < 1.29 is 9.59 Å². The minimum Gasteiger partial charge on any atom is -0.353 e. The predicted molar refractivity (Wildman–Crippen MR) is 108 cm³/mol. The molecule has 2 N–H and O–H groups in total. The molecule has 0 aliphatic carbocycles. The van der Waals surface area contributed by atoms with Crippen molar-refractivity contribution in [1.29, 1.82) is 0 Å². The van der Waals surface area contributed by atoms with E-state index in [1.807, 2.05) is 30.3 Å². The van der Waals surface area contributed by atoms with E-state index in [0.29, 0.717) is 19.0 Å². The van der Waals surface area contributed by atoms with E-state index < -0.39 is 6.04 Å². The van der Waals surface area contributed by atoms with E-state index in [0.717, 1.165) is 29.9 Å². The Hall–Kier alpha value is -2.67. The van der Waals surface area contributed by atoms with Crippen molar-refractivity contribution in [2.75, 3.05) is 26.7 Å². The first-order valence-electron chi connectivity index (χ1n) is 9.79. The van der Waals surface area contributed by atoms with Gasteiger partial charge in [-0.2, -0.15) is 5.10 Å². The van der Waals surface area contributed by atoms with Crippen LogP contribution < -0.4 is 5.32 Å². The zero-order chi connectivity index (χ0) is 20.1. The smallest absolute Gasteiger partial charge is 0.237 e. The summed E-state index contributed by atoms with van der Waals surface area (Å²) in [6, 6.07) is 9.53. The molecule has 0 bridgehead atoms. The van der Waals surface area contributed by atoms with Crippen LogP contribution in [0.4, 0.5) is 0 Å². The van der Waals surface area contributed by atoms with E-state index in [1.54, 1.807) is 18.1 Å². The van der Waals surface area contributed by atoms with E-state index in [1.165, 1.54) is 0 Å². The lowest BCUT2D eigenvalue weighted by atomic mass is 10.0. The van der Waals surface area contributed by atoms with Crippen LogP contribution in [0.15, 0.2) is 36.5 Å². The third-order valence-electron chi connectivity index (χ3n) is 5.02. The molecule has 0 saturated carbocycles. The van der Waals surface area contributed by atoms with Gasteiger partial charge in [0, 0.05) is 38.8 Å². The lowest BCUT2D eigenvalue weighted by Gasteiger charge is -2.36. The second-order valence-corrected chi connectivity index (χ2v) is 7.79. The lowest BCUT2D eigenvalue weighted by molar-refractivity contribution is -0.138. The molecule has 1 saturated heterocycles. The zero-order valence-electron chi connectivity index (χ0n) is 16.8. The lowest BCUT2D eigenvalue weighted by Crippen LogP contribution is -2.57. The quantitative estimate of drug-likeness (QED) is 0.765. The number of carbonyl (C=O) groups excluding carboxylic acids is 2. The number of aromatic amines is 1. The highest BCUT2D eigenvalue weighted by atomic mass is 16.2. The van der Waals surface area contributed by atoms with Crippen molar-refractivity contribution in [3.8, 4) is 11.3 Å². The number of benzene rings is 1. The van der Waals surface area contributed by atoms with Gasteiger partial charge in [0.2, 0.25) is 11.8 Å². The van der Waals surface area contributed by atoms with Gasteiger partial charge in [0.1, 0.15) is 0 Å². The van der Waals surface area contributed by atoms with Gasteiger partial charge in [-0.05, 0) is 11.5 Å². The van der Waals surface area contributed by atoms with Gasteiger partial charge in [-0.25, -0.2) is 0 Å². The van der Waals surface area contributed by atoms with E-state index >= 15 is 0 Å². The van der Waals surface area contributed by atoms with E-state index in [4.69, 9.17) is 0 Å². The number of hydrogen-bond donors (Lipinski definition) is 2. The summed E-state index contributed by atoms with van der Waals surface area (Å²) in [7, 11) is 1.78. The maximum atomic E-state index is 12.9. The normalized spacial score (nSPS) is 17.6. The third kappa shape index (κ3) is 4.78. The van der Waals surface area contributed by atoms with Gasteiger partial charge >= 0.3 is 0 Å². The predicted octanol–water partition coefficient (Wildman–Crippen LogP) is 1.88. The number of H-pyrrole nitrogens is 1. The second kappa shape index (κ2) is 9.01. The van der Waals surface area contributed by atoms with Crippen LogP contribution in [-0.4, -0.2) is 64.5 Å². The summed E-state index contributed by atoms with van der Waals surface area (Å²) in [6.45, 7) is 6.93. The van der Waals surface area contributed by atoms with Gasteiger partial charge in [-0.15, -0.1) is 0 Å². The van der Waals surface area contributed by atoms with Crippen molar-refractivity contribution in [3.63, 3.8) is 0 Å². The maximum absolute atomic E-state index is 12.9. The van der Waals surface area contributed by atoms with Crippen LogP contribution in [-0.2, 0) is 16.1 Å². The molecule has 7 nitrogen and oxygen atoms in total. The van der Waals surface area contributed by atoms with Crippen LogP contribution in [0, 0.1) is 5.92 Å². The second-order valence-electron chi connectivity index (χ2n) is 7.79. The summed E-state index contributed by atoms with van der Waals surface area (Å²) >= 11 is 0. The molecule has 150 valence electrons. The summed E-state index contributed by atoms with van der Waals surface area (Å²) in [5.74, 6) is 0.346. The molecule has 1 aromatic carbocycles. The van der Waals surface area contributed by atoms with Crippen LogP contribution in [0.3, 0.4) is 0 Å². The Morgan fingerprint density at radius 3 is 2.79 bits per heavy atom. The molecule has 0 spiro atoms. The van der Waals surface area contributed by atoms with Crippen LogP contribution in [0.2, 0.25) is 0 Å². The average Bonchev–Trinajstić information content (AvgIpc) is 3.12. The fraction of sp³-hybridized carbons (Fsp3) is 0.476. The van der Waals surface area contributed by atoms with Crippen molar-refractivity contribution in [2.24, 2.45) is 5.92 Å². The first-order valence-corrected chi connectivity index (χ1v) is 9.79. The maximum Gasteiger partial charge on any atom is 0.237 e. The third-order valence-corrected chi connectivity index (χ3v) is 5.02. The van der Waals surface area contributed by atoms with Crippen LogP contribution in [0.25, 0.3) is 11.3 Å². The van der Waals surface area contributed by atoms with Crippen LogP contribution in [0.5, 0.6) is 0 Å². The average molecular weight is 383 g/mol. The molecule has 0 radical (unpaired) electrons. The van der Waals surface area contributed by atoms with Gasteiger partial charge in [-0.3, -0.25) is 19.6 Å². The highest BCUT2D eigenvalue weighted by molar-refractivity contribution is 5.88. The Labute approximate surface area is 166 Å². The monoisotopic (exact) mass is 383 g/mol. The number of piperazine rings is 1. The minimum absolute atomic E-state index is 0.0454. The topological polar surface area (TPSA) is 81.3 Å². The number of nitrogens with one attached hydrogen (secondary N) is 2. The highest BCUT2D eigenvalue weighted by Gasteiger charge is 2.32. The molecule has 7 heteroatoms. The molecule has 1 fully saturated rings. The number of aromatic nitrogens is 2. The molecule has 1 aromatic heterocycles. The summed E-state index contributed by atoms with van der Waals surface area (Å²) in [5, 5.41) is 10.1. The van der Waals surface area contributed by atoms with Gasteiger partial charge < -0.3 is 10.2 Å². The summed E-state index contributed by atoms with van der Waals surface area (Å²) < 4.78 is 0. The van der Waals surface area contributed by atoms with Gasteiger partial charge in [-0.1, -0.05) is 44.2 Å². The van der Waals surface area contributed by atoms with Crippen LogP contribution in [0.1, 0.15) is 25.8 Å². The van der Waals surface area contributed by atoms with Crippen LogP contribution >= 0.6 is 0 Å². The van der Waals surface area contributed by atoms with Gasteiger partial charge in [0.25, 0.3) is 0 Å². The molecule has 2 heterocycles. The van der Waals surface area contributed by atoms with E-state index in [2.05, 4.69) is 34.3 Å². The fourth-order valence-electron chi connectivity index (χ4n) is 3.62. The number of hydrogen-bond acceptors (Lipinski definition) is 4. The van der Waals surface area contributed by atoms with Crippen molar-refractivity contribution >= 4 is 11.8 Å². The SMILES string of the molecule is CC(C)CN1CCNC(=O)[C@@H]1CC(=O)N(C)Cc1cn[nH]c1-c1ccccc1. The van der Waals surface area contributed by atoms with Crippen molar-refractivity contribution in [3.05, 3.63) is 42.1 Å². The Kier molecular flexibility index (Phi) is 6.46. The molecule has 0 unspecified atom stereocenters. The molecule has 3 rings (SSSR count). The van der Waals surface area contributed by atoms with Gasteiger partial charge in [0.15, 0.2) is 0 Å². The Morgan fingerprint density at radius 2 is 2.07 bits per heavy atom. The first-order chi connectivity index (χ1) is 13.5. The number of rotatable bonds is 7. The summed E-state index contributed by atoms with van der Waals surface area (Å²) in [4.78, 5) is 29.0. The molecule has 2 aromatic rings. The zero-order valence-corrected chi connectivity index (χ0v) is 16.8. The Bertz CT molecular complexity index is 802. The number of amides is 2. The highest BCUT2D eigenvalue weighted by Crippen LogP contribution is 2.22. The molecular formula is C21H29N5O2. The molecule has 2 amide bonds. The molecule has 28 heavy (non-hydrogen) atoms. The largest absolute Gasteiger partial charge is 0.353 e. The number of nitrogens with zero attached hydrogens (tertiary/aromatic N) is 3.